The van der Waals surface area contributed by atoms with Crippen molar-refractivity contribution in [3.05, 3.63) is 47.4 Å². The Morgan fingerprint density at radius 3 is 2.44 bits per heavy atom. The van der Waals surface area contributed by atoms with Crippen LogP contribution in [0.1, 0.15) is 35.7 Å². The average molecular weight is 367 g/mol. The average Bonchev–Trinajstić information content (AvgIpc) is 2.65. The molecule has 6 heteroatoms. The van der Waals surface area contributed by atoms with Gasteiger partial charge in [0.15, 0.2) is 0 Å². The third-order valence-electron chi connectivity index (χ3n) is 4.70. The van der Waals surface area contributed by atoms with E-state index in [2.05, 4.69) is 70.1 Å². The van der Waals surface area contributed by atoms with Crippen LogP contribution in [-0.4, -0.2) is 48.6 Å². The Hall–Kier alpha value is -2.63. The van der Waals surface area contributed by atoms with Crippen LogP contribution in [0.2, 0.25) is 0 Å². The number of nitrogens with one attached hydrogen (secondary N) is 1. The molecule has 0 radical (unpaired) electrons. The molecule has 2 aromatic rings. The minimum absolute atomic E-state index is 0.131. The van der Waals surface area contributed by atoms with Crippen molar-refractivity contribution < 1.29 is 4.79 Å². The van der Waals surface area contributed by atoms with Crippen molar-refractivity contribution in [2.24, 2.45) is 5.92 Å². The molecule has 0 bridgehead atoms. The normalized spacial score (nSPS) is 14.6. The molecule has 0 atom stereocenters. The Balaban J connectivity index is 1.68. The SMILES string of the molecule is Cc1cccc(N2CCN(c3cc(C(=O)NCC(C)C)nc(C)n3)CC2)c1. The van der Waals surface area contributed by atoms with Crippen LogP contribution in [0.25, 0.3) is 0 Å². The molecule has 2 heterocycles. The first-order valence-electron chi connectivity index (χ1n) is 9.63. The van der Waals surface area contributed by atoms with Gasteiger partial charge in [-0.3, -0.25) is 4.79 Å². The van der Waals surface area contributed by atoms with Gasteiger partial charge in [-0.2, -0.15) is 0 Å². The second kappa shape index (κ2) is 8.37. The smallest absolute Gasteiger partial charge is 0.270 e. The summed E-state index contributed by atoms with van der Waals surface area (Å²) in [5.41, 5.74) is 2.99. The van der Waals surface area contributed by atoms with E-state index in [1.54, 1.807) is 0 Å². The Morgan fingerprint density at radius 2 is 1.78 bits per heavy atom. The van der Waals surface area contributed by atoms with E-state index in [1.807, 2.05) is 13.0 Å². The van der Waals surface area contributed by atoms with Gasteiger partial charge in [-0.1, -0.05) is 26.0 Å². The molecule has 1 fully saturated rings. The summed E-state index contributed by atoms with van der Waals surface area (Å²) in [4.78, 5) is 25.9. The molecule has 144 valence electrons. The van der Waals surface area contributed by atoms with Crippen LogP contribution in [0.3, 0.4) is 0 Å². The number of aromatic nitrogens is 2. The lowest BCUT2D eigenvalue weighted by Gasteiger charge is -2.37. The van der Waals surface area contributed by atoms with Crippen molar-refractivity contribution in [1.82, 2.24) is 15.3 Å². The zero-order valence-electron chi connectivity index (χ0n) is 16.7. The van der Waals surface area contributed by atoms with E-state index in [0.717, 1.165) is 32.0 Å². The molecule has 0 spiro atoms. The summed E-state index contributed by atoms with van der Waals surface area (Å²) in [7, 11) is 0. The van der Waals surface area contributed by atoms with Gasteiger partial charge in [0.05, 0.1) is 0 Å². The number of piperazine rings is 1. The van der Waals surface area contributed by atoms with Crippen LogP contribution in [-0.2, 0) is 0 Å². The predicted molar refractivity (Wildman–Crippen MR) is 110 cm³/mol. The van der Waals surface area contributed by atoms with E-state index in [-0.39, 0.29) is 5.91 Å². The number of amides is 1. The number of hydrogen-bond donors (Lipinski definition) is 1. The van der Waals surface area contributed by atoms with Gasteiger partial charge in [0.2, 0.25) is 0 Å². The Morgan fingerprint density at radius 1 is 1.07 bits per heavy atom. The van der Waals surface area contributed by atoms with Gasteiger partial charge in [-0.25, -0.2) is 9.97 Å². The fourth-order valence-corrected chi connectivity index (χ4v) is 3.24. The van der Waals surface area contributed by atoms with Gasteiger partial charge >= 0.3 is 0 Å². The molecule has 1 N–H and O–H groups in total. The molecule has 0 aliphatic carbocycles. The Kier molecular flexibility index (Phi) is 5.94. The number of hydrogen-bond acceptors (Lipinski definition) is 5. The molecule has 1 saturated heterocycles. The molecule has 1 aliphatic rings. The second-order valence-corrected chi connectivity index (χ2v) is 7.58. The van der Waals surface area contributed by atoms with Gasteiger partial charge in [-0.15, -0.1) is 0 Å². The van der Waals surface area contributed by atoms with Gasteiger partial charge < -0.3 is 15.1 Å². The standard InChI is InChI=1S/C21H29N5O/c1-15(2)14-22-21(27)19-13-20(24-17(4)23-19)26-10-8-25(9-11-26)18-7-5-6-16(3)12-18/h5-7,12-13,15H,8-11,14H2,1-4H3,(H,22,27). The van der Waals surface area contributed by atoms with Crippen LogP contribution in [0, 0.1) is 19.8 Å². The van der Waals surface area contributed by atoms with Crippen LogP contribution < -0.4 is 15.1 Å². The molecule has 1 aromatic heterocycles. The minimum Gasteiger partial charge on any atom is -0.368 e. The number of benzene rings is 1. The van der Waals surface area contributed by atoms with E-state index in [0.29, 0.717) is 24.0 Å². The van der Waals surface area contributed by atoms with Crippen molar-refractivity contribution in [3.63, 3.8) is 0 Å². The molecule has 1 amide bonds. The molecular formula is C21H29N5O. The van der Waals surface area contributed by atoms with E-state index in [4.69, 9.17) is 0 Å². The third kappa shape index (κ3) is 4.96. The first-order valence-corrected chi connectivity index (χ1v) is 9.63. The number of rotatable bonds is 5. The number of carbonyl (C=O) groups is 1. The van der Waals surface area contributed by atoms with Gasteiger partial charge in [0.1, 0.15) is 17.3 Å². The maximum absolute atomic E-state index is 12.4. The summed E-state index contributed by atoms with van der Waals surface area (Å²) in [6.07, 6.45) is 0. The summed E-state index contributed by atoms with van der Waals surface area (Å²) < 4.78 is 0. The molecule has 1 aliphatic heterocycles. The number of nitrogens with zero attached hydrogens (tertiary/aromatic N) is 4. The zero-order chi connectivity index (χ0) is 19.4. The topological polar surface area (TPSA) is 61.4 Å². The first-order chi connectivity index (χ1) is 12.9. The summed E-state index contributed by atoms with van der Waals surface area (Å²) in [6, 6.07) is 10.4. The highest BCUT2D eigenvalue weighted by Gasteiger charge is 2.20. The van der Waals surface area contributed by atoms with Gasteiger partial charge in [0, 0.05) is 44.5 Å². The summed E-state index contributed by atoms with van der Waals surface area (Å²) in [5.74, 6) is 1.74. The molecule has 27 heavy (non-hydrogen) atoms. The predicted octanol–water partition coefficient (Wildman–Crippen LogP) is 2.81. The molecule has 3 rings (SSSR count). The van der Waals surface area contributed by atoms with Gasteiger partial charge in [-0.05, 0) is 37.5 Å². The van der Waals surface area contributed by atoms with Crippen LogP contribution in [0.15, 0.2) is 30.3 Å². The van der Waals surface area contributed by atoms with Crippen molar-refractivity contribution in [2.75, 3.05) is 42.5 Å². The summed E-state index contributed by atoms with van der Waals surface area (Å²) in [5, 5.41) is 2.93. The second-order valence-electron chi connectivity index (χ2n) is 7.58. The van der Waals surface area contributed by atoms with Crippen LogP contribution in [0.4, 0.5) is 11.5 Å². The van der Waals surface area contributed by atoms with E-state index in [9.17, 15) is 4.79 Å². The fourth-order valence-electron chi connectivity index (χ4n) is 3.24. The number of anilines is 2. The first kappa shape index (κ1) is 19.1. The van der Waals surface area contributed by atoms with Crippen molar-refractivity contribution in [2.45, 2.75) is 27.7 Å². The molecule has 1 aromatic carbocycles. The van der Waals surface area contributed by atoms with Crippen molar-refractivity contribution in [1.29, 1.82) is 0 Å². The minimum atomic E-state index is -0.131. The summed E-state index contributed by atoms with van der Waals surface area (Å²) in [6.45, 7) is 12.4. The highest BCUT2D eigenvalue weighted by molar-refractivity contribution is 5.93. The molecule has 6 nitrogen and oxygen atoms in total. The monoisotopic (exact) mass is 367 g/mol. The molecule has 0 unspecified atom stereocenters. The highest BCUT2D eigenvalue weighted by Crippen LogP contribution is 2.21. The number of carbonyl (C=O) groups excluding carboxylic acids is 1. The number of aryl methyl sites for hydroxylation is 2. The van der Waals surface area contributed by atoms with Crippen molar-refractivity contribution in [3.8, 4) is 0 Å². The maximum atomic E-state index is 12.4. The van der Waals surface area contributed by atoms with E-state index >= 15 is 0 Å². The van der Waals surface area contributed by atoms with E-state index in [1.165, 1.54) is 11.3 Å². The maximum Gasteiger partial charge on any atom is 0.270 e. The Bertz CT molecular complexity index is 797. The third-order valence-corrected chi connectivity index (χ3v) is 4.70. The van der Waals surface area contributed by atoms with Gasteiger partial charge in [0.25, 0.3) is 5.91 Å². The van der Waals surface area contributed by atoms with Crippen LogP contribution in [0.5, 0.6) is 0 Å². The lowest BCUT2D eigenvalue weighted by Crippen LogP contribution is -2.47. The molecule has 0 saturated carbocycles. The largest absolute Gasteiger partial charge is 0.368 e. The zero-order valence-corrected chi connectivity index (χ0v) is 16.7. The molecular weight excluding hydrogens is 338 g/mol. The van der Waals surface area contributed by atoms with Crippen molar-refractivity contribution >= 4 is 17.4 Å². The lowest BCUT2D eigenvalue weighted by molar-refractivity contribution is 0.0943. The lowest BCUT2D eigenvalue weighted by atomic mass is 10.2. The Labute approximate surface area is 161 Å². The fraction of sp³-hybridized carbons (Fsp3) is 0.476. The van der Waals surface area contributed by atoms with Crippen LogP contribution >= 0.6 is 0 Å². The quantitative estimate of drug-likeness (QED) is 0.880. The van der Waals surface area contributed by atoms with E-state index < -0.39 is 0 Å². The summed E-state index contributed by atoms with van der Waals surface area (Å²) >= 11 is 0. The highest BCUT2D eigenvalue weighted by atomic mass is 16.1.